The number of rotatable bonds is 0. The molecule has 0 aromatic heterocycles. The average molecular weight is 490 g/mol. The number of ether oxygens (including phenoxy) is 2. The van der Waals surface area contributed by atoms with E-state index < -0.39 is 17.1 Å². The van der Waals surface area contributed by atoms with Crippen LogP contribution in [0.15, 0.2) is 12.2 Å². The molecule has 0 N–H and O–H groups in total. The van der Waals surface area contributed by atoms with Crippen molar-refractivity contribution in [2.45, 2.75) is 141 Å². The summed E-state index contributed by atoms with van der Waals surface area (Å²) >= 11 is 0. The van der Waals surface area contributed by atoms with Crippen molar-refractivity contribution in [2.75, 3.05) is 6.61 Å². The highest BCUT2D eigenvalue weighted by Crippen LogP contribution is 2.44. The fourth-order valence-electron chi connectivity index (χ4n) is 5.84. The van der Waals surface area contributed by atoms with E-state index in [0.717, 1.165) is 70.6 Å². The number of ketones is 1. The van der Waals surface area contributed by atoms with Crippen LogP contribution in [-0.4, -0.2) is 53.0 Å². The van der Waals surface area contributed by atoms with Crippen molar-refractivity contribution in [3.8, 4) is 0 Å². The number of hydrogen-bond donors (Lipinski definition) is 0. The SMILES string of the molecule is CC1CCCC2C(=O)OCCCCCCC=CCCCCC3CCC(=O)C(C)(O3)C(C)(C)C(=O)N12. The zero-order valence-corrected chi connectivity index (χ0v) is 22.5. The molecule has 3 aliphatic heterocycles. The van der Waals surface area contributed by atoms with Gasteiger partial charge in [-0.3, -0.25) is 9.59 Å². The number of esters is 1. The zero-order chi connectivity index (χ0) is 25.5. The molecular weight excluding hydrogens is 442 g/mol. The first-order chi connectivity index (χ1) is 16.7. The maximum atomic E-state index is 14.1. The largest absolute Gasteiger partial charge is 0.464 e. The van der Waals surface area contributed by atoms with Gasteiger partial charge >= 0.3 is 5.97 Å². The third kappa shape index (κ3) is 6.55. The molecule has 3 rings (SSSR count). The second-order valence-corrected chi connectivity index (χ2v) is 11.5. The Morgan fingerprint density at radius 3 is 2.26 bits per heavy atom. The maximum Gasteiger partial charge on any atom is 0.328 e. The molecule has 2 saturated heterocycles. The molecule has 6 nitrogen and oxygen atoms in total. The number of cyclic esters (lactones) is 1. The number of carbonyl (C=O) groups is 3. The van der Waals surface area contributed by atoms with E-state index in [1.54, 1.807) is 11.8 Å². The van der Waals surface area contributed by atoms with E-state index in [2.05, 4.69) is 12.2 Å². The highest BCUT2D eigenvalue weighted by Gasteiger charge is 2.57. The molecule has 35 heavy (non-hydrogen) atoms. The lowest BCUT2D eigenvalue weighted by Gasteiger charge is -2.50. The zero-order valence-electron chi connectivity index (χ0n) is 22.5. The van der Waals surface area contributed by atoms with Crippen LogP contribution in [0, 0.1) is 5.41 Å². The minimum atomic E-state index is -1.21. The van der Waals surface area contributed by atoms with Gasteiger partial charge in [-0.25, -0.2) is 4.79 Å². The van der Waals surface area contributed by atoms with E-state index in [9.17, 15) is 14.4 Å². The molecule has 2 fully saturated rings. The van der Waals surface area contributed by atoms with Gasteiger partial charge in [0.05, 0.1) is 18.1 Å². The number of hydrogen-bond acceptors (Lipinski definition) is 5. The summed E-state index contributed by atoms with van der Waals surface area (Å²) in [6.07, 6.45) is 17.4. The first-order valence-corrected chi connectivity index (χ1v) is 14.0. The van der Waals surface area contributed by atoms with Crippen LogP contribution in [-0.2, 0) is 23.9 Å². The van der Waals surface area contributed by atoms with Crippen molar-refractivity contribution in [2.24, 2.45) is 5.41 Å². The van der Waals surface area contributed by atoms with Gasteiger partial charge in [0.25, 0.3) is 0 Å². The molecule has 0 aliphatic carbocycles. The van der Waals surface area contributed by atoms with Crippen molar-refractivity contribution in [1.82, 2.24) is 4.90 Å². The molecule has 4 atom stereocenters. The molecule has 4 unspecified atom stereocenters. The van der Waals surface area contributed by atoms with Crippen molar-refractivity contribution in [1.29, 1.82) is 0 Å². The minimum absolute atomic E-state index is 0.0165. The van der Waals surface area contributed by atoms with E-state index >= 15 is 0 Å². The summed E-state index contributed by atoms with van der Waals surface area (Å²) in [5.74, 6) is -0.509. The van der Waals surface area contributed by atoms with E-state index in [4.69, 9.17) is 9.47 Å². The quantitative estimate of drug-likeness (QED) is 0.312. The van der Waals surface area contributed by atoms with Crippen LogP contribution in [0.4, 0.5) is 0 Å². The Balaban J connectivity index is 1.83. The second-order valence-electron chi connectivity index (χ2n) is 11.5. The number of Topliss-reactive ketones (excluding diaryl/α,β-unsaturated/α-hetero) is 1. The van der Waals surface area contributed by atoms with Crippen molar-refractivity contribution < 1.29 is 23.9 Å². The lowest BCUT2D eigenvalue weighted by atomic mass is 9.69. The number of fused-ring (bicyclic) bond motifs is 3. The Hall–Kier alpha value is -1.69. The lowest BCUT2D eigenvalue weighted by molar-refractivity contribution is -0.199. The van der Waals surface area contributed by atoms with Gasteiger partial charge in [-0.15, -0.1) is 0 Å². The molecule has 3 aliphatic rings. The maximum absolute atomic E-state index is 14.1. The summed E-state index contributed by atoms with van der Waals surface area (Å²) in [7, 11) is 0. The molecule has 0 saturated carbocycles. The molecule has 0 aromatic rings. The predicted molar refractivity (Wildman–Crippen MR) is 137 cm³/mol. The van der Waals surface area contributed by atoms with Crippen molar-refractivity contribution in [3.05, 3.63) is 12.2 Å². The van der Waals surface area contributed by atoms with Gasteiger partial charge < -0.3 is 14.4 Å². The number of allylic oxidation sites excluding steroid dienone is 2. The Kier molecular flexibility index (Phi) is 9.97. The standard InChI is InChI=1S/C29H47NO5/c1-22-16-15-18-24-26(32)34-21-14-12-10-8-6-5-7-9-11-13-17-23-19-20-25(31)29(4,35-23)28(2,3)27(33)30(22)24/h5,7,22-24H,6,8-21H2,1-4H3. The first kappa shape index (κ1) is 27.9. The molecular formula is C29H47NO5. The van der Waals surface area contributed by atoms with Gasteiger partial charge in [0.2, 0.25) is 5.91 Å². The Bertz CT molecular complexity index is 775. The summed E-state index contributed by atoms with van der Waals surface area (Å²) < 4.78 is 12.1. The van der Waals surface area contributed by atoms with Gasteiger partial charge in [-0.2, -0.15) is 0 Å². The van der Waals surface area contributed by atoms with Gasteiger partial charge in [0, 0.05) is 12.5 Å². The number of nitrogens with zero attached hydrogens (tertiary/aromatic N) is 1. The van der Waals surface area contributed by atoms with Gasteiger partial charge in [-0.1, -0.05) is 31.4 Å². The Labute approximate surface area is 212 Å². The summed E-state index contributed by atoms with van der Waals surface area (Å²) in [5.41, 5.74) is -2.30. The van der Waals surface area contributed by atoms with Crippen LogP contribution < -0.4 is 0 Å². The molecule has 6 heteroatoms. The second kappa shape index (κ2) is 12.5. The molecule has 0 aromatic carbocycles. The fraction of sp³-hybridized carbons (Fsp3) is 0.828. The lowest BCUT2D eigenvalue weighted by Crippen LogP contribution is -2.65. The highest BCUT2D eigenvalue weighted by atomic mass is 16.5. The average Bonchev–Trinajstić information content (AvgIpc) is 2.82. The summed E-state index contributed by atoms with van der Waals surface area (Å²) in [6, 6.07) is -0.678. The third-order valence-corrected chi connectivity index (χ3v) is 8.59. The van der Waals surface area contributed by atoms with Crippen LogP contribution in [0.2, 0.25) is 0 Å². The smallest absolute Gasteiger partial charge is 0.328 e. The molecule has 2 bridgehead atoms. The topological polar surface area (TPSA) is 72.9 Å². The van der Waals surface area contributed by atoms with E-state index in [0.29, 0.717) is 25.9 Å². The third-order valence-electron chi connectivity index (χ3n) is 8.59. The summed E-state index contributed by atoms with van der Waals surface area (Å²) in [5, 5.41) is 0. The molecule has 198 valence electrons. The van der Waals surface area contributed by atoms with Crippen LogP contribution in [0.25, 0.3) is 0 Å². The predicted octanol–water partition coefficient (Wildman–Crippen LogP) is 5.91. The summed E-state index contributed by atoms with van der Waals surface area (Å²) in [6.45, 7) is 7.82. The highest BCUT2D eigenvalue weighted by molar-refractivity contribution is 5.97. The first-order valence-electron chi connectivity index (χ1n) is 14.0. The van der Waals surface area contributed by atoms with Gasteiger partial charge in [0.1, 0.15) is 11.6 Å². The van der Waals surface area contributed by atoms with Crippen LogP contribution in [0.5, 0.6) is 0 Å². The molecule has 0 radical (unpaired) electrons. The molecule has 3 heterocycles. The monoisotopic (exact) mass is 489 g/mol. The van der Waals surface area contributed by atoms with Crippen LogP contribution >= 0.6 is 0 Å². The fourth-order valence-corrected chi connectivity index (χ4v) is 5.84. The number of carbonyl (C=O) groups excluding carboxylic acids is 3. The van der Waals surface area contributed by atoms with Gasteiger partial charge in [0.15, 0.2) is 5.78 Å². The van der Waals surface area contributed by atoms with E-state index in [-0.39, 0.29) is 29.8 Å². The van der Waals surface area contributed by atoms with Crippen molar-refractivity contribution in [3.63, 3.8) is 0 Å². The van der Waals surface area contributed by atoms with E-state index in [1.165, 1.54) is 0 Å². The summed E-state index contributed by atoms with van der Waals surface area (Å²) in [4.78, 5) is 42.1. The normalized spacial score (nSPS) is 34.5. The van der Waals surface area contributed by atoms with Gasteiger partial charge in [-0.05, 0) is 91.9 Å². The minimum Gasteiger partial charge on any atom is -0.464 e. The van der Waals surface area contributed by atoms with Crippen molar-refractivity contribution >= 4 is 17.7 Å². The molecule has 1 amide bonds. The molecule has 0 spiro atoms. The van der Waals surface area contributed by atoms with E-state index in [1.807, 2.05) is 20.8 Å². The van der Waals surface area contributed by atoms with Crippen LogP contribution in [0.1, 0.15) is 118 Å². The van der Waals surface area contributed by atoms with Crippen LogP contribution in [0.3, 0.4) is 0 Å². The Morgan fingerprint density at radius 2 is 1.51 bits per heavy atom. The number of amides is 1. The number of piperidine rings is 1. The Morgan fingerprint density at radius 1 is 0.829 bits per heavy atom.